The molecule has 0 saturated heterocycles. The Bertz CT molecular complexity index is 556. The van der Waals surface area contributed by atoms with Crippen LogP contribution in [-0.4, -0.2) is 23.8 Å². The van der Waals surface area contributed by atoms with E-state index in [0.717, 1.165) is 11.3 Å². The summed E-state index contributed by atoms with van der Waals surface area (Å²) in [4.78, 5) is 4.11. The number of nitrogens with one attached hydrogen (secondary N) is 1. The smallest absolute Gasteiger partial charge is 0.213 e. The van der Waals surface area contributed by atoms with Gasteiger partial charge in [0.1, 0.15) is 0 Å². The molecule has 2 rings (SSSR count). The maximum Gasteiger partial charge on any atom is 0.213 e. The zero-order valence-electron chi connectivity index (χ0n) is 11.6. The van der Waals surface area contributed by atoms with Gasteiger partial charge in [0, 0.05) is 18.2 Å². The second-order valence-corrected chi connectivity index (χ2v) is 4.14. The van der Waals surface area contributed by atoms with Gasteiger partial charge in [-0.3, -0.25) is 0 Å². The van der Waals surface area contributed by atoms with E-state index in [4.69, 9.17) is 9.47 Å². The Morgan fingerprint density at radius 1 is 1.25 bits per heavy atom. The number of nitrogens with zero attached hydrogens (tertiary/aromatic N) is 1. The third-order valence-electron chi connectivity index (χ3n) is 2.81. The lowest BCUT2D eigenvalue weighted by molar-refractivity contribution is 0.317. The Kier molecular flexibility index (Phi) is 4.65. The van der Waals surface area contributed by atoms with Gasteiger partial charge < -0.3 is 19.9 Å². The van der Waals surface area contributed by atoms with Crippen LogP contribution in [0.5, 0.6) is 17.4 Å². The summed E-state index contributed by atoms with van der Waals surface area (Å²) in [6.07, 6.45) is 1.68. The minimum atomic E-state index is 0.170. The van der Waals surface area contributed by atoms with Crippen molar-refractivity contribution in [2.24, 2.45) is 0 Å². The molecule has 2 aromatic rings. The van der Waals surface area contributed by atoms with Crippen LogP contribution in [0.2, 0.25) is 0 Å². The molecule has 1 aromatic carbocycles. The summed E-state index contributed by atoms with van der Waals surface area (Å²) in [6.45, 7) is 2.89. The molecule has 0 fully saturated rings. The number of pyridine rings is 1. The van der Waals surface area contributed by atoms with Gasteiger partial charge in [-0.1, -0.05) is 12.1 Å². The molecule has 0 aliphatic rings. The first-order chi connectivity index (χ1) is 9.74. The molecule has 0 radical (unpaired) electrons. The number of ether oxygens (including phenoxy) is 2. The van der Waals surface area contributed by atoms with Gasteiger partial charge in [-0.05, 0) is 19.1 Å². The van der Waals surface area contributed by atoms with Gasteiger partial charge in [0.05, 0.1) is 25.6 Å². The molecule has 0 aliphatic carbocycles. The molecule has 2 N–H and O–H groups in total. The van der Waals surface area contributed by atoms with Gasteiger partial charge in [0.25, 0.3) is 0 Å². The highest BCUT2D eigenvalue weighted by molar-refractivity contribution is 5.48. The molecule has 20 heavy (non-hydrogen) atoms. The number of benzene rings is 1. The first-order valence-electron chi connectivity index (χ1n) is 6.42. The Labute approximate surface area is 118 Å². The van der Waals surface area contributed by atoms with E-state index in [1.807, 2.05) is 25.1 Å². The number of aromatic nitrogens is 1. The highest BCUT2D eigenvalue weighted by Gasteiger charge is 2.07. The molecule has 0 unspecified atom stereocenters. The molecular formula is C15H18N2O3. The largest absolute Gasteiger partial charge is 0.504 e. The number of phenols is 1. The van der Waals surface area contributed by atoms with Gasteiger partial charge in [0.15, 0.2) is 11.5 Å². The molecule has 0 saturated carbocycles. The lowest BCUT2D eigenvalue weighted by Crippen LogP contribution is -2.01. The molecule has 0 amide bonds. The zero-order chi connectivity index (χ0) is 14.4. The average Bonchev–Trinajstić information content (AvgIpc) is 2.49. The molecule has 5 nitrogen and oxygen atoms in total. The molecule has 0 spiro atoms. The number of rotatable bonds is 6. The number of aromatic hydroxyl groups is 1. The van der Waals surface area contributed by atoms with Crippen molar-refractivity contribution < 1.29 is 14.6 Å². The van der Waals surface area contributed by atoms with Crippen LogP contribution in [0.25, 0.3) is 0 Å². The fourth-order valence-electron chi connectivity index (χ4n) is 1.79. The Balaban J connectivity index is 2.04. The van der Waals surface area contributed by atoms with Gasteiger partial charge >= 0.3 is 0 Å². The van der Waals surface area contributed by atoms with Crippen LogP contribution in [0.15, 0.2) is 36.5 Å². The maximum absolute atomic E-state index is 10.1. The molecule has 106 valence electrons. The maximum atomic E-state index is 10.1. The Morgan fingerprint density at radius 3 is 2.75 bits per heavy atom. The predicted molar refractivity (Wildman–Crippen MR) is 77.4 cm³/mol. The van der Waals surface area contributed by atoms with Crippen molar-refractivity contribution in [3.8, 4) is 17.4 Å². The van der Waals surface area contributed by atoms with Gasteiger partial charge in [0.2, 0.25) is 5.88 Å². The van der Waals surface area contributed by atoms with Crippen molar-refractivity contribution in [1.29, 1.82) is 0 Å². The summed E-state index contributed by atoms with van der Waals surface area (Å²) in [5.74, 6) is 1.24. The monoisotopic (exact) mass is 274 g/mol. The molecule has 5 heteroatoms. The summed E-state index contributed by atoms with van der Waals surface area (Å²) in [5.41, 5.74) is 1.62. The second-order valence-electron chi connectivity index (χ2n) is 4.14. The predicted octanol–water partition coefficient (Wildman–Crippen LogP) is 2.81. The summed E-state index contributed by atoms with van der Waals surface area (Å²) >= 11 is 0. The van der Waals surface area contributed by atoms with Crippen LogP contribution in [0.4, 0.5) is 5.69 Å². The molecule has 0 atom stereocenters. The topological polar surface area (TPSA) is 63.6 Å². The number of phenolic OH excluding ortho intramolecular Hbond substituents is 1. The number of hydrogen-bond acceptors (Lipinski definition) is 5. The van der Waals surface area contributed by atoms with Crippen LogP contribution in [-0.2, 0) is 6.54 Å². The minimum absolute atomic E-state index is 0.170. The summed E-state index contributed by atoms with van der Waals surface area (Å²) in [7, 11) is 1.58. The van der Waals surface area contributed by atoms with Crippen LogP contribution in [0.3, 0.4) is 0 Å². The van der Waals surface area contributed by atoms with E-state index in [0.29, 0.717) is 24.8 Å². The SMILES string of the molecule is CCOc1cccc(CNc2ccc(OC)nc2)c1O. The summed E-state index contributed by atoms with van der Waals surface area (Å²) in [5, 5.41) is 13.3. The molecule has 0 aliphatic heterocycles. The quantitative estimate of drug-likeness (QED) is 0.848. The highest BCUT2D eigenvalue weighted by Crippen LogP contribution is 2.30. The second kappa shape index (κ2) is 6.65. The average molecular weight is 274 g/mol. The molecule has 1 heterocycles. The fraction of sp³-hybridized carbons (Fsp3) is 0.267. The zero-order valence-corrected chi connectivity index (χ0v) is 11.6. The van der Waals surface area contributed by atoms with Crippen molar-refractivity contribution in [1.82, 2.24) is 4.98 Å². The third kappa shape index (κ3) is 3.32. The van der Waals surface area contributed by atoms with Gasteiger partial charge in [-0.25, -0.2) is 4.98 Å². The van der Waals surface area contributed by atoms with E-state index < -0.39 is 0 Å². The first kappa shape index (κ1) is 14.0. The Morgan fingerprint density at radius 2 is 2.10 bits per heavy atom. The standard InChI is InChI=1S/C15H18N2O3/c1-3-20-13-6-4-5-11(15(13)18)9-16-12-7-8-14(19-2)17-10-12/h4-8,10,16,18H,3,9H2,1-2H3. The van der Waals surface area contributed by atoms with Gasteiger partial charge in [-0.2, -0.15) is 0 Å². The van der Waals surface area contributed by atoms with Crippen LogP contribution < -0.4 is 14.8 Å². The molecule has 0 bridgehead atoms. The van der Waals surface area contributed by atoms with E-state index >= 15 is 0 Å². The van der Waals surface area contributed by atoms with Crippen LogP contribution in [0.1, 0.15) is 12.5 Å². The van der Waals surface area contributed by atoms with E-state index in [9.17, 15) is 5.11 Å². The van der Waals surface area contributed by atoms with Gasteiger partial charge in [-0.15, -0.1) is 0 Å². The molecular weight excluding hydrogens is 256 g/mol. The number of anilines is 1. The summed E-state index contributed by atoms with van der Waals surface area (Å²) < 4.78 is 10.4. The van der Waals surface area contributed by atoms with Crippen molar-refractivity contribution in [2.45, 2.75) is 13.5 Å². The summed E-state index contributed by atoms with van der Waals surface area (Å²) in [6, 6.07) is 9.10. The van der Waals surface area contributed by atoms with E-state index in [1.54, 1.807) is 25.4 Å². The number of para-hydroxylation sites is 1. The lowest BCUT2D eigenvalue weighted by atomic mass is 10.2. The van der Waals surface area contributed by atoms with Crippen molar-refractivity contribution in [3.05, 3.63) is 42.1 Å². The van der Waals surface area contributed by atoms with Crippen molar-refractivity contribution in [2.75, 3.05) is 19.0 Å². The van der Waals surface area contributed by atoms with Crippen molar-refractivity contribution >= 4 is 5.69 Å². The normalized spacial score (nSPS) is 10.1. The van der Waals surface area contributed by atoms with E-state index in [1.165, 1.54) is 0 Å². The number of methoxy groups -OCH3 is 1. The van der Waals surface area contributed by atoms with E-state index in [2.05, 4.69) is 10.3 Å². The first-order valence-corrected chi connectivity index (χ1v) is 6.42. The fourth-order valence-corrected chi connectivity index (χ4v) is 1.79. The Hall–Kier alpha value is -2.43. The van der Waals surface area contributed by atoms with Crippen LogP contribution in [0, 0.1) is 0 Å². The minimum Gasteiger partial charge on any atom is -0.504 e. The van der Waals surface area contributed by atoms with Crippen molar-refractivity contribution in [3.63, 3.8) is 0 Å². The highest BCUT2D eigenvalue weighted by atomic mass is 16.5. The van der Waals surface area contributed by atoms with Crippen LogP contribution >= 0.6 is 0 Å². The lowest BCUT2D eigenvalue weighted by Gasteiger charge is -2.11. The number of hydrogen-bond donors (Lipinski definition) is 2. The third-order valence-corrected chi connectivity index (χ3v) is 2.81. The van der Waals surface area contributed by atoms with E-state index in [-0.39, 0.29) is 5.75 Å². The molecule has 1 aromatic heterocycles.